The van der Waals surface area contributed by atoms with Crippen molar-refractivity contribution in [2.75, 3.05) is 10.6 Å². The number of nitrogens with zero attached hydrogens (tertiary/aromatic N) is 1. The molecule has 6 heteroatoms. The summed E-state index contributed by atoms with van der Waals surface area (Å²) < 4.78 is 13.4. The van der Waals surface area contributed by atoms with Gasteiger partial charge in [0.2, 0.25) is 5.91 Å². The molecule has 0 atom stereocenters. The van der Waals surface area contributed by atoms with Crippen LogP contribution in [0, 0.1) is 12.7 Å². The number of halogens is 1. The molecule has 5 nitrogen and oxygen atoms in total. The van der Waals surface area contributed by atoms with E-state index >= 15 is 0 Å². The molecule has 0 radical (unpaired) electrons. The lowest BCUT2D eigenvalue weighted by atomic mass is 10.1. The minimum atomic E-state index is -0.403. The van der Waals surface area contributed by atoms with Crippen molar-refractivity contribution in [2.45, 2.75) is 13.8 Å². The Morgan fingerprint density at radius 3 is 2.44 bits per heavy atom. The fraction of sp³-hybridized carbons (Fsp3) is 0.105. The van der Waals surface area contributed by atoms with E-state index < -0.39 is 5.82 Å². The van der Waals surface area contributed by atoms with E-state index in [4.69, 9.17) is 0 Å². The standard InChI is InChI=1S/C19H16FN3O2/c1-11-8-17(16-7-6-13(20)9-18(16)21-11)19(25)23-15-5-3-4-14(10-15)22-12(2)24/h3-10H,1-2H3,(H,22,24)(H,23,25). The predicted molar refractivity (Wildman–Crippen MR) is 95.1 cm³/mol. The number of carbonyl (C=O) groups excluding carboxylic acids is 2. The Labute approximate surface area is 143 Å². The fourth-order valence-electron chi connectivity index (χ4n) is 2.60. The van der Waals surface area contributed by atoms with Crippen LogP contribution >= 0.6 is 0 Å². The molecule has 0 fully saturated rings. The van der Waals surface area contributed by atoms with Crippen LogP contribution < -0.4 is 10.6 Å². The third kappa shape index (κ3) is 3.80. The molecule has 3 aromatic rings. The van der Waals surface area contributed by atoms with E-state index in [0.29, 0.717) is 33.5 Å². The molecule has 0 aliphatic carbocycles. The second kappa shape index (κ2) is 6.68. The minimum Gasteiger partial charge on any atom is -0.326 e. The number of carbonyl (C=O) groups is 2. The summed E-state index contributed by atoms with van der Waals surface area (Å²) in [7, 11) is 0. The second-order valence-electron chi connectivity index (χ2n) is 5.69. The Morgan fingerprint density at radius 1 is 1.00 bits per heavy atom. The average Bonchev–Trinajstić information content (AvgIpc) is 2.53. The van der Waals surface area contributed by atoms with Crippen molar-refractivity contribution in [3.63, 3.8) is 0 Å². The zero-order chi connectivity index (χ0) is 18.0. The second-order valence-corrected chi connectivity index (χ2v) is 5.69. The van der Waals surface area contributed by atoms with Crippen LogP contribution in [0.1, 0.15) is 23.0 Å². The first-order chi connectivity index (χ1) is 11.9. The number of aromatic nitrogens is 1. The van der Waals surface area contributed by atoms with Gasteiger partial charge in [-0.2, -0.15) is 0 Å². The molecule has 0 aliphatic heterocycles. The van der Waals surface area contributed by atoms with Crippen molar-refractivity contribution < 1.29 is 14.0 Å². The Balaban J connectivity index is 1.94. The SMILES string of the molecule is CC(=O)Nc1cccc(NC(=O)c2cc(C)nc3cc(F)ccc23)c1. The van der Waals surface area contributed by atoms with E-state index in [9.17, 15) is 14.0 Å². The van der Waals surface area contributed by atoms with Crippen LogP contribution in [-0.2, 0) is 4.79 Å². The lowest BCUT2D eigenvalue weighted by Gasteiger charge is -2.10. The Hall–Kier alpha value is -3.28. The molecule has 1 heterocycles. The van der Waals surface area contributed by atoms with Crippen molar-refractivity contribution in [3.05, 3.63) is 65.6 Å². The topological polar surface area (TPSA) is 71.1 Å². The van der Waals surface area contributed by atoms with E-state index in [0.717, 1.165) is 0 Å². The van der Waals surface area contributed by atoms with Crippen molar-refractivity contribution in [3.8, 4) is 0 Å². The molecular weight excluding hydrogens is 321 g/mol. The highest BCUT2D eigenvalue weighted by Gasteiger charge is 2.13. The summed E-state index contributed by atoms with van der Waals surface area (Å²) in [5.74, 6) is -0.927. The van der Waals surface area contributed by atoms with Gasteiger partial charge in [-0.25, -0.2) is 4.39 Å². The number of anilines is 2. The first kappa shape index (κ1) is 16.6. The number of rotatable bonds is 3. The third-order valence-corrected chi connectivity index (χ3v) is 3.59. The van der Waals surface area contributed by atoms with Crippen LogP contribution in [-0.4, -0.2) is 16.8 Å². The van der Waals surface area contributed by atoms with Gasteiger partial charge < -0.3 is 10.6 Å². The van der Waals surface area contributed by atoms with Gasteiger partial charge >= 0.3 is 0 Å². The van der Waals surface area contributed by atoms with E-state index in [-0.39, 0.29) is 11.8 Å². The van der Waals surface area contributed by atoms with Crippen LogP contribution in [0.3, 0.4) is 0 Å². The number of nitrogens with one attached hydrogen (secondary N) is 2. The highest BCUT2D eigenvalue weighted by molar-refractivity contribution is 6.12. The zero-order valence-electron chi connectivity index (χ0n) is 13.8. The molecule has 2 N–H and O–H groups in total. The summed E-state index contributed by atoms with van der Waals surface area (Å²) in [6.45, 7) is 3.16. The van der Waals surface area contributed by atoms with E-state index in [1.54, 1.807) is 43.3 Å². The van der Waals surface area contributed by atoms with Crippen molar-refractivity contribution in [2.24, 2.45) is 0 Å². The molecule has 0 saturated carbocycles. The number of amides is 2. The molecule has 0 aliphatic rings. The maximum atomic E-state index is 13.4. The summed E-state index contributed by atoms with van der Waals surface area (Å²) in [6, 6.07) is 12.6. The van der Waals surface area contributed by atoms with Crippen molar-refractivity contribution in [1.29, 1.82) is 0 Å². The maximum Gasteiger partial charge on any atom is 0.256 e. The van der Waals surface area contributed by atoms with Gasteiger partial charge in [0.25, 0.3) is 5.91 Å². The molecule has 2 aromatic carbocycles. The number of fused-ring (bicyclic) bond motifs is 1. The predicted octanol–water partition coefficient (Wildman–Crippen LogP) is 3.89. The van der Waals surface area contributed by atoms with Crippen LogP contribution in [0.4, 0.5) is 15.8 Å². The highest BCUT2D eigenvalue weighted by atomic mass is 19.1. The normalized spacial score (nSPS) is 10.5. The molecule has 0 unspecified atom stereocenters. The summed E-state index contributed by atoms with van der Waals surface area (Å²) in [5.41, 5.74) is 2.59. The monoisotopic (exact) mass is 337 g/mol. The van der Waals surface area contributed by atoms with Gasteiger partial charge in [-0.1, -0.05) is 6.07 Å². The molecule has 3 rings (SSSR count). The number of hydrogen-bond donors (Lipinski definition) is 2. The van der Waals surface area contributed by atoms with Crippen LogP contribution in [0.15, 0.2) is 48.5 Å². The van der Waals surface area contributed by atoms with Gasteiger partial charge in [-0.05, 0) is 43.3 Å². The molecule has 0 bridgehead atoms. The van der Waals surface area contributed by atoms with Crippen molar-refractivity contribution in [1.82, 2.24) is 4.98 Å². The van der Waals surface area contributed by atoms with Gasteiger partial charge in [-0.15, -0.1) is 0 Å². The van der Waals surface area contributed by atoms with Crippen LogP contribution in [0.5, 0.6) is 0 Å². The number of aryl methyl sites for hydroxylation is 1. The van der Waals surface area contributed by atoms with Crippen molar-refractivity contribution >= 4 is 34.1 Å². The van der Waals surface area contributed by atoms with Gasteiger partial charge in [0, 0.05) is 35.4 Å². The molecule has 1 aromatic heterocycles. The quantitative estimate of drug-likeness (QED) is 0.761. The Bertz CT molecular complexity index is 980. The van der Waals surface area contributed by atoms with Gasteiger partial charge in [0.1, 0.15) is 5.82 Å². The van der Waals surface area contributed by atoms with Gasteiger partial charge in [0.15, 0.2) is 0 Å². The summed E-state index contributed by atoms with van der Waals surface area (Å²) in [5, 5.41) is 6.03. The summed E-state index contributed by atoms with van der Waals surface area (Å²) >= 11 is 0. The first-order valence-corrected chi connectivity index (χ1v) is 7.68. The summed E-state index contributed by atoms with van der Waals surface area (Å²) in [4.78, 5) is 28.1. The highest BCUT2D eigenvalue weighted by Crippen LogP contribution is 2.22. The van der Waals surface area contributed by atoms with Gasteiger partial charge in [0.05, 0.1) is 11.1 Å². The number of benzene rings is 2. The number of hydrogen-bond acceptors (Lipinski definition) is 3. The van der Waals surface area contributed by atoms with E-state index in [1.165, 1.54) is 19.1 Å². The van der Waals surface area contributed by atoms with E-state index in [2.05, 4.69) is 15.6 Å². The Morgan fingerprint density at radius 2 is 1.72 bits per heavy atom. The molecule has 0 spiro atoms. The lowest BCUT2D eigenvalue weighted by molar-refractivity contribution is -0.114. The number of pyridine rings is 1. The molecule has 126 valence electrons. The third-order valence-electron chi connectivity index (χ3n) is 3.59. The van der Waals surface area contributed by atoms with Crippen LogP contribution in [0.2, 0.25) is 0 Å². The maximum absolute atomic E-state index is 13.4. The average molecular weight is 337 g/mol. The fourth-order valence-corrected chi connectivity index (χ4v) is 2.60. The largest absolute Gasteiger partial charge is 0.326 e. The minimum absolute atomic E-state index is 0.193. The molecule has 25 heavy (non-hydrogen) atoms. The molecule has 2 amide bonds. The molecule has 0 saturated heterocycles. The van der Waals surface area contributed by atoms with Crippen LogP contribution in [0.25, 0.3) is 10.9 Å². The Kier molecular flexibility index (Phi) is 4.43. The zero-order valence-corrected chi connectivity index (χ0v) is 13.8. The molecular formula is C19H16FN3O2. The smallest absolute Gasteiger partial charge is 0.256 e. The van der Waals surface area contributed by atoms with Gasteiger partial charge in [-0.3, -0.25) is 14.6 Å². The first-order valence-electron chi connectivity index (χ1n) is 7.68. The van der Waals surface area contributed by atoms with E-state index in [1.807, 2.05) is 0 Å². The lowest BCUT2D eigenvalue weighted by Crippen LogP contribution is -2.14. The summed E-state index contributed by atoms with van der Waals surface area (Å²) in [6.07, 6.45) is 0.